The topological polar surface area (TPSA) is 68.8 Å². The smallest absolute Gasteiger partial charge is 0.253 e. The highest BCUT2D eigenvalue weighted by atomic mass is 35.5. The van der Waals surface area contributed by atoms with Gasteiger partial charge in [0.15, 0.2) is 0 Å². The highest BCUT2D eigenvalue weighted by Crippen LogP contribution is 2.30. The van der Waals surface area contributed by atoms with Crippen molar-refractivity contribution in [3.8, 4) is 0 Å². The molecule has 0 spiro atoms. The number of amides is 2. The van der Waals surface area contributed by atoms with Crippen molar-refractivity contribution in [3.63, 3.8) is 0 Å². The first-order valence-corrected chi connectivity index (χ1v) is 13.2. The van der Waals surface area contributed by atoms with Gasteiger partial charge in [-0.2, -0.15) is 0 Å². The maximum Gasteiger partial charge on any atom is 0.253 e. The standard InChI is InChI=1S/C26H33Cl2N5O2/c1-3-21-17-32(24-23(28)15-19(16-30-24)25(34)29-4-2)13-14-33(21)22-9-11-31(12-10-22)26(35)18-5-7-20(27)8-6-18/h5-8,15-16,21-22H,3-4,9-14,17H2,1-2H3,(H,29,34)/t21-/m0/s1. The Morgan fingerprint density at radius 3 is 2.37 bits per heavy atom. The summed E-state index contributed by atoms with van der Waals surface area (Å²) in [5.41, 5.74) is 1.17. The molecule has 2 saturated heterocycles. The van der Waals surface area contributed by atoms with Gasteiger partial charge in [-0.25, -0.2) is 4.98 Å². The van der Waals surface area contributed by atoms with Crippen LogP contribution in [0.3, 0.4) is 0 Å². The van der Waals surface area contributed by atoms with Gasteiger partial charge in [-0.3, -0.25) is 14.5 Å². The second kappa shape index (κ2) is 11.6. The number of carbonyl (C=O) groups excluding carboxylic acids is 2. The molecule has 1 aromatic carbocycles. The Bertz CT molecular complexity index is 1040. The summed E-state index contributed by atoms with van der Waals surface area (Å²) in [5, 5.41) is 3.92. The number of benzene rings is 1. The van der Waals surface area contributed by atoms with Gasteiger partial charge in [0.25, 0.3) is 11.8 Å². The van der Waals surface area contributed by atoms with Gasteiger partial charge >= 0.3 is 0 Å². The second-order valence-electron chi connectivity index (χ2n) is 9.17. The number of halogens is 2. The summed E-state index contributed by atoms with van der Waals surface area (Å²) in [6, 6.07) is 9.67. The van der Waals surface area contributed by atoms with Crippen LogP contribution in [0.15, 0.2) is 36.5 Å². The van der Waals surface area contributed by atoms with Gasteiger partial charge in [0.1, 0.15) is 5.82 Å². The Kier molecular flexibility index (Phi) is 8.52. The van der Waals surface area contributed by atoms with Gasteiger partial charge in [0, 0.05) is 68.1 Å². The molecule has 35 heavy (non-hydrogen) atoms. The molecule has 0 unspecified atom stereocenters. The van der Waals surface area contributed by atoms with E-state index in [1.54, 1.807) is 36.5 Å². The number of rotatable bonds is 6. The molecule has 2 amide bonds. The highest BCUT2D eigenvalue weighted by Gasteiger charge is 2.35. The number of hydrogen-bond donors (Lipinski definition) is 1. The minimum absolute atomic E-state index is 0.0776. The molecular formula is C26H33Cl2N5O2. The van der Waals surface area contributed by atoms with Crippen LogP contribution >= 0.6 is 23.2 Å². The summed E-state index contributed by atoms with van der Waals surface area (Å²) in [5.74, 6) is 0.653. The van der Waals surface area contributed by atoms with Gasteiger partial charge in [-0.15, -0.1) is 0 Å². The zero-order chi connectivity index (χ0) is 24.9. The van der Waals surface area contributed by atoms with Crippen LogP contribution in [0.4, 0.5) is 5.82 Å². The van der Waals surface area contributed by atoms with E-state index in [9.17, 15) is 9.59 Å². The van der Waals surface area contributed by atoms with Crippen molar-refractivity contribution in [2.75, 3.05) is 44.2 Å². The molecule has 0 radical (unpaired) electrons. The molecule has 2 fully saturated rings. The average Bonchev–Trinajstić information content (AvgIpc) is 2.88. The molecule has 1 atom stereocenters. The number of nitrogens with one attached hydrogen (secondary N) is 1. The number of nitrogens with zero attached hydrogens (tertiary/aromatic N) is 4. The maximum atomic E-state index is 12.9. The molecule has 3 heterocycles. The lowest BCUT2D eigenvalue weighted by Crippen LogP contribution is -2.58. The molecule has 0 saturated carbocycles. The van der Waals surface area contributed by atoms with Gasteiger partial charge in [-0.05, 0) is 56.5 Å². The summed E-state index contributed by atoms with van der Waals surface area (Å²) in [7, 11) is 0. The molecule has 0 aliphatic carbocycles. The Hall–Kier alpha value is -2.35. The number of anilines is 1. The molecular weight excluding hydrogens is 485 g/mol. The Morgan fingerprint density at radius 2 is 1.74 bits per heavy atom. The predicted octanol–water partition coefficient (Wildman–Crippen LogP) is 4.34. The zero-order valence-electron chi connectivity index (χ0n) is 20.3. The second-order valence-corrected chi connectivity index (χ2v) is 10.0. The molecule has 1 N–H and O–H groups in total. The summed E-state index contributed by atoms with van der Waals surface area (Å²) in [6.07, 6.45) is 4.56. The first-order valence-electron chi connectivity index (χ1n) is 12.4. The molecule has 4 rings (SSSR count). The molecule has 1 aromatic heterocycles. The van der Waals surface area contributed by atoms with Crippen LogP contribution in [-0.4, -0.2) is 78.0 Å². The van der Waals surface area contributed by atoms with Gasteiger partial charge in [-0.1, -0.05) is 30.1 Å². The van der Waals surface area contributed by atoms with Gasteiger partial charge < -0.3 is 15.1 Å². The van der Waals surface area contributed by atoms with Crippen molar-refractivity contribution in [1.29, 1.82) is 0 Å². The largest absolute Gasteiger partial charge is 0.353 e. The number of piperazine rings is 1. The van der Waals surface area contributed by atoms with E-state index in [0.717, 1.165) is 57.8 Å². The number of carbonyl (C=O) groups is 2. The van der Waals surface area contributed by atoms with Crippen molar-refractivity contribution in [2.45, 2.75) is 45.2 Å². The first-order chi connectivity index (χ1) is 16.9. The van der Waals surface area contributed by atoms with E-state index < -0.39 is 0 Å². The highest BCUT2D eigenvalue weighted by molar-refractivity contribution is 6.33. The van der Waals surface area contributed by atoms with E-state index in [1.165, 1.54) is 0 Å². The SMILES string of the molecule is CCNC(=O)c1cnc(N2CCN(C3CCN(C(=O)c4ccc(Cl)cc4)CC3)[C@@H](CC)C2)c(Cl)c1. The van der Waals surface area contributed by atoms with E-state index >= 15 is 0 Å². The zero-order valence-corrected chi connectivity index (χ0v) is 21.9. The lowest BCUT2D eigenvalue weighted by molar-refractivity contribution is 0.0490. The summed E-state index contributed by atoms with van der Waals surface area (Å²) in [6.45, 7) is 8.77. The third kappa shape index (κ3) is 5.90. The normalized spacial score (nSPS) is 19.6. The minimum atomic E-state index is -0.161. The van der Waals surface area contributed by atoms with Crippen LogP contribution in [-0.2, 0) is 0 Å². The van der Waals surface area contributed by atoms with E-state index in [-0.39, 0.29) is 11.8 Å². The lowest BCUT2D eigenvalue weighted by atomic mass is 9.97. The molecule has 7 nitrogen and oxygen atoms in total. The molecule has 2 aliphatic heterocycles. The average molecular weight is 518 g/mol. The molecule has 2 aliphatic rings. The van der Waals surface area contributed by atoms with Crippen molar-refractivity contribution < 1.29 is 9.59 Å². The van der Waals surface area contributed by atoms with Crippen LogP contribution in [0, 0.1) is 0 Å². The van der Waals surface area contributed by atoms with Crippen LogP contribution in [0.5, 0.6) is 0 Å². The van der Waals surface area contributed by atoms with Crippen LogP contribution in [0.2, 0.25) is 10.0 Å². The van der Waals surface area contributed by atoms with Crippen LogP contribution in [0.25, 0.3) is 0 Å². The van der Waals surface area contributed by atoms with E-state index in [4.69, 9.17) is 23.2 Å². The minimum Gasteiger partial charge on any atom is -0.353 e. The van der Waals surface area contributed by atoms with Gasteiger partial charge in [0.05, 0.1) is 10.6 Å². The molecule has 0 bridgehead atoms. The quantitative estimate of drug-likeness (QED) is 0.616. The Balaban J connectivity index is 1.36. The summed E-state index contributed by atoms with van der Waals surface area (Å²) in [4.78, 5) is 36.3. The Morgan fingerprint density at radius 1 is 1.03 bits per heavy atom. The lowest BCUT2D eigenvalue weighted by Gasteiger charge is -2.47. The molecule has 9 heteroatoms. The number of piperidine rings is 1. The van der Waals surface area contributed by atoms with E-state index in [0.29, 0.717) is 39.8 Å². The number of pyridine rings is 1. The summed E-state index contributed by atoms with van der Waals surface area (Å²) < 4.78 is 0. The van der Waals surface area contributed by atoms with Crippen molar-refractivity contribution in [2.24, 2.45) is 0 Å². The molecule has 188 valence electrons. The third-order valence-corrected chi connectivity index (χ3v) is 7.56. The molecule has 2 aromatic rings. The van der Waals surface area contributed by atoms with Crippen molar-refractivity contribution >= 4 is 40.8 Å². The third-order valence-electron chi connectivity index (χ3n) is 7.03. The number of hydrogen-bond acceptors (Lipinski definition) is 5. The fourth-order valence-electron chi connectivity index (χ4n) is 5.13. The monoisotopic (exact) mass is 517 g/mol. The van der Waals surface area contributed by atoms with Crippen LogP contribution in [0.1, 0.15) is 53.8 Å². The fraction of sp³-hybridized carbons (Fsp3) is 0.500. The number of likely N-dealkylation sites (tertiary alicyclic amines) is 1. The van der Waals surface area contributed by atoms with Crippen molar-refractivity contribution in [3.05, 3.63) is 57.7 Å². The maximum absolute atomic E-state index is 12.9. The van der Waals surface area contributed by atoms with E-state index in [2.05, 4.69) is 27.0 Å². The first kappa shape index (κ1) is 25.7. The summed E-state index contributed by atoms with van der Waals surface area (Å²) >= 11 is 12.5. The predicted molar refractivity (Wildman–Crippen MR) is 141 cm³/mol. The number of aromatic nitrogens is 1. The Labute approximate surface area is 217 Å². The van der Waals surface area contributed by atoms with Crippen LogP contribution < -0.4 is 10.2 Å². The van der Waals surface area contributed by atoms with E-state index in [1.807, 2.05) is 11.8 Å². The van der Waals surface area contributed by atoms with Crippen molar-refractivity contribution in [1.82, 2.24) is 20.1 Å². The fourth-order valence-corrected chi connectivity index (χ4v) is 5.54. The van der Waals surface area contributed by atoms with Gasteiger partial charge in [0.2, 0.25) is 0 Å².